The van der Waals surface area contributed by atoms with E-state index in [9.17, 15) is 14.7 Å². The third-order valence-corrected chi connectivity index (χ3v) is 4.45. The number of methoxy groups -OCH3 is 2. The zero-order valence-electron chi connectivity index (χ0n) is 14.8. The molecule has 1 heterocycles. The van der Waals surface area contributed by atoms with Gasteiger partial charge >= 0.3 is 5.97 Å². The van der Waals surface area contributed by atoms with Crippen LogP contribution >= 0.6 is 11.6 Å². The molecule has 0 spiro atoms. The van der Waals surface area contributed by atoms with Crippen LogP contribution < -0.4 is 14.9 Å². The fraction of sp³-hybridized carbons (Fsp3) is 0.263. The van der Waals surface area contributed by atoms with E-state index in [1.807, 2.05) is 0 Å². The van der Waals surface area contributed by atoms with Gasteiger partial charge in [0, 0.05) is 7.11 Å². The number of hydrogen-bond donors (Lipinski definition) is 1. The highest BCUT2D eigenvalue weighted by Crippen LogP contribution is 2.36. The molecule has 142 valence electrons. The Kier molecular flexibility index (Phi) is 5.53. The number of halogens is 1. The van der Waals surface area contributed by atoms with Crippen molar-refractivity contribution in [3.05, 3.63) is 45.6 Å². The minimum absolute atomic E-state index is 0.237. The Labute approximate surface area is 159 Å². The summed E-state index contributed by atoms with van der Waals surface area (Å²) in [5, 5.41) is 10.4. The third kappa shape index (κ3) is 3.43. The summed E-state index contributed by atoms with van der Waals surface area (Å²) in [5.74, 6) is -0.456. The molecule has 0 amide bonds. The normalized spacial score (nSPS) is 11.1. The summed E-state index contributed by atoms with van der Waals surface area (Å²) < 4.78 is 17.6. The molecule has 2 aromatic carbocycles. The number of rotatable bonds is 7. The molecule has 8 heteroatoms. The number of hydrogen-bond acceptors (Lipinski definition) is 5. The Balaban J connectivity index is 2.47. The lowest BCUT2D eigenvalue weighted by atomic mass is 10.1. The van der Waals surface area contributed by atoms with Crippen molar-refractivity contribution in [2.45, 2.75) is 6.54 Å². The molecule has 0 aliphatic carbocycles. The zero-order chi connectivity index (χ0) is 19.6. The van der Waals surface area contributed by atoms with Gasteiger partial charge in [-0.05, 0) is 24.3 Å². The monoisotopic (exact) mass is 391 g/mol. The van der Waals surface area contributed by atoms with Crippen molar-refractivity contribution in [2.75, 3.05) is 27.4 Å². The van der Waals surface area contributed by atoms with E-state index in [1.54, 1.807) is 37.4 Å². The minimum Gasteiger partial charge on any atom is -0.493 e. The van der Waals surface area contributed by atoms with E-state index in [1.165, 1.54) is 11.7 Å². The first-order valence-electron chi connectivity index (χ1n) is 8.14. The van der Waals surface area contributed by atoms with Gasteiger partial charge in [-0.1, -0.05) is 17.7 Å². The summed E-state index contributed by atoms with van der Waals surface area (Å²) >= 11 is 6.22. The SMILES string of the molecule is COCCOc1cccc2c(=O)c3ccc(Cl)c(OC)c3n(CC(=O)O)c12. The summed E-state index contributed by atoms with van der Waals surface area (Å²) in [4.78, 5) is 24.6. The number of para-hydroxylation sites is 1. The average molecular weight is 392 g/mol. The van der Waals surface area contributed by atoms with Gasteiger partial charge in [0.25, 0.3) is 0 Å². The molecule has 0 saturated heterocycles. The first kappa shape index (κ1) is 19.0. The second-order valence-electron chi connectivity index (χ2n) is 5.78. The van der Waals surface area contributed by atoms with Crippen molar-refractivity contribution < 1.29 is 24.1 Å². The molecular weight excluding hydrogens is 374 g/mol. The van der Waals surface area contributed by atoms with Crippen LogP contribution in [-0.2, 0) is 16.1 Å². The molecule has 0 radical (unpaired) electrons. The number of fused-ring (bicyclic) bond motifs is 2. The van der Waals surface area contributed by atoms with E-state index >= 15 is 0 Å². The molecule has 0 atom stereocenters. The molecule has 1 aromatic heterocycles. The smallest absolute Gasteiger partial charge is 0.323 e. The van der Waals surface area contributed by atoms with Crippen molar-refractivity contribution >= 4 is 39.4 Å². The van der Waals surface area contributed by atoms with Crippen LogP contribution in [0.5, 0.6) is 11.5 Å². The quantitative estimate of drug-likeness (QED) is 0.492. The fourth-order valence-corrected chi connectivity index (χ4v) is 3.31. The van der Waals surface area contributed by atoms with E-state index in [0.717, 1.165) is 0 Å². The maximum Gasteiger partial charge on any atom is 0.323 e. The van der Waals surface area contributed by atoms with E-state index in [4.69, 9.17) is 25.8 Å². The zero-order valence-corrected chi connectivity index (χ0v) is 15.6. The lowest BCUT2D eigenvalue weighted by Gasteiger charge is -2.19. The van der Waals surface area contributed by atoms with Crippen LogP contribution in [-0.4, -0.2) is 43.1 Å². The Bertz CT molecular complexity index is 1080. The van der Waals surface area contributed by atoms with Crippen LogP contribution in [0.15, 0.2) is 35.1 Å². The number of carboxylic acid groups (broad SMARTS) is 1. The van der Waals surface area contributed by atoms with E-state index in [2.05, 4.69) is 0 Å². The lowest BCUT2D eigenvalue weighted by molar-refractivity contribution is -0.137. The maximum absolute atomic E-state index is 13.0. The van der Waals surface area contributed by atoms with Gasteiger partial charge in [0.2, 0.25) is 0 Å². The molecule has 0 bridgehead atoms. The van der Waals surface area contributed by atoms with Crippen molar-refractivity contribution in [2.24, 2.45) is 0 Å². The van der Waals surface area contributed by atoms with Gasteiger partial charge < -0.3 is 23.9 Å². The number of carbonyl (C=O) groups is 1. The predicted molar refractivity (Wildman–Crippen MR) is 102 cm³/mol. The minimum atomic E-state index is -1.07. The van der Waals surface area contributed by atoms with E-state index < -0.39 is 12.5 Å². The lowest BCUT2D eigenvalue weighted by Crippen LogP contribution is -2.18. The van der Waals surface area contributed by atoms with Crippen LogP contribution in [0, 0.1) is 0 Å². The van der Waals surface area contributed by atoms with Crippen LogP contribution in [0.2, 0.25) is 5.02 Å². The Morgan fingerprint density at radius 3 is 2.52 bits per heavy atom. The highest BCUT2D eigenvalue weighted by atomic mass is 35.5. The van der Waals surface area contributed by atoms with Crippen LogP contribution in [0.4, 0.5) is 0 Å². The van der Waals surface area contributed by atoms with E-state index in [-0.39, 0.29) is 22.8 Å². The van der Waals surface area contributed by atoms with Crippen LogP contribution in [0.25, 0.3) is 21.8 Å². The average Bonchev–Trinajstić information content (AvgIpc) is 2.64. The third-order valence-electron chi connectivity index (χ3n) is 4.15. The summed E-state index contributed by atoms with van der Waals surface area (Å²) in [6.45, 7) is 0.207. The van der Waals surface area contributed by atoms with Crippen molar-refractivity contribution in [1.29, 1.82) is 0 Å². The molecule has 0 aliphatic heterocycles. The summed E-state index contributed by atoms with van der Waals surface area (Å²) in [6, 6.07) is 8.13. The highest BCUT2D eigenvalue weighted by Gasteiger charge is 2.20. The Morgan fingerprint density at radius 1 is 1.11 bits per heavy atom. The topological polar surface area (TPSA) is 87.0 Å². The second kappa shape index (κ2) is 7.85. The number of pyridine rings is 1. The molecule has 27 heavy (non-hydrogen) atoms. The summed E-state index contributed by atoms with van der Waals surface area (Å²) in [7, 11) is 2.97. The van der Waals surface area contributed by atoms with Gasteiger partial charge in [0.1, 0.15) is 18.9 Å². The Hall–Kier alpha value is -2.77. The Morgan fingerprint density at radius 2 is 1.85 bits per heavy atom. The van der Waals surface area contributed by atoms with Crippen LogP contribution in [0.1, 0.15) is 0 Å². The highest BCUT2D eigenvalue weighted by molar-refractivity contribution is 6.33. The number of aliphatic carboxylic acids is 1. The molecule has 0 saturated carbocycles. The number of nitrogens with zero attached hydrogens (tertiary/aromatic N) is 1. The second-order valence-corrected chi connectivity index (χ2v) is 6.19. The number of carboxylic acids is 1. The number of benzene rings is 2. The number of aromatic nitrogens is 1. The van der Waals surface area contributed by atoms with Crippen molar-refractivity contribution in [3.63, 3.8) is 0 Å². The van der Waals surface area contributed by atoms with E-state index in [0.29, 0.717) is 34.2 Å². The summed E-state index contributed by atoms with van der Waals surface area (Å²) in [6.07, 6.45) is 0. The van der Waals surface area contributed by atoms with Crippen molar-refractivity contribution in [3.8, 4) is 11.5 Å². The first-order valence-corrected chi connectivity index (χ1v) is 8.52. The van der Waals surface area contributed by atoms with Gasteiger partial charge in [-0.25, -0.2) is 0 Å². The molecule has 7 nitrogen and oxygen atoms in total. The van der Waals surface area contributed by atoms with Crippen LogP contribution in [0.3, 0.4) is 0 Å². The summed E-state index contributed by atoms with van der Waals surface area (Å²) in [5.41, 5.74) is 0.426. The maximum atomic E-state index is 13.0. The molecule has 0 fully saturated rings. The van der Waals surface area contributed by atoms with Gasteiger partial charge in [-0.15, -0.1) is 0 Å². The molecule has 3 aromatic rings. The predicted octanol–water partition coefficient (Wildman–Crippen LogP) is 2.93. The van der Waals surface area contributed by atoms with Gasteiger partial charge in [0.15, 0.2) is 11.2 Å². The fourth-order valence-electron chi connectivity index (χ4n) is 3.08. The molecule has 0 aliphatic rings. The largest absolute Gasteiger partial charge is 0.493 e. The molecule has 3 rings (SSSR count). The van der Waals surface area contributed by atoms with Gasteiger partial charge in [0.05, 0.1) is 40.5 Å². The number of ether oxygens (including phenoxy) is 3. The standard InChI is InChI=1S/C19H18ClNO6/c1-25-8-9-27-14-5-3-4-11-16(14)21(10-15(22)23)17-12(18(11)24)6-7-13(20)19(17)26-2/h3-7H,8-10H2,1-2H3,(H,22,23). The van der Waals surface area contributed by atoms with Crippen molar-refractivity contribution in [1.82, 2.24) is 4.57 Å². The molecule has 1 N–H and O–H groups in total. The molecule has 0 unspecified atom stereocenters. The first-order chi connectivity index (χ1) is 13.0. The van der Waals surface area contributed by atoms with Gasteiger partial charge in [-0.2, -0.15) is 0 Å². The molecular formula is C19H18ClNO6. The van der Waals surface area contributed by atoms with Gasteiger partial charge in [-0.3, -0.25) is 9.59 Å².